The Balaban J connectivity index is 3.06. The fraction of sp³-hybridized carbons (Fsp3) is 0.692. The number of halogens is 1. The molecule has 2 unspecified atom stereocenters. The minimum absolute atomic E-state index is 0.0615. The summed E-state index contributed by atoms with van der Waals surface area (Å²) in [6, 6.07) is 4.36. The van der Waals surface area contributed by atoms with Crippen molar-refractivity contribution in [3.63, 3.8) is 0 Å². The number of nitrogens with zero attached hydrogens (tertiary/aromatic N) is 1. The molecule has 0 spiro atoms. The molecule has 0 saturated carbocycles. The van der Waals surface area contributed by atoms with Crippen LogP contribution in [0.15, 0.2) is 15.9 Å². The Labute approximate surface area is 122 Å². The molecule has 0 aliphatic rings. The smallest absolute Gasteiger partial charge is 0.0702 e. The van der Waals surface area contributed by atoms with E-state index in [-0.39, 0.29) is 24.2 Å². The van der Waals surface area contributed by atoms with E-state index in [0.29, 0.717) is 0 Å². The molecule has 0 aliphatic heterocycles. The van der Waals surface area contributed by atoms with Crippen molar-refractivity contribution in [3.8, 4) is 0 Å². The number of rotatable bonds is 6. The Kier molecular flexibility index (Phi) is 5.80. The van der Waals surface area contributed by atoms with E-state index < -0.39 is 0 Å². The Morgan fingerprint density at radius 2 is 2.11 bits per heavy atom. The van der Waals surface area contributed by atoms with Crippen molar-refractivity contribution >= 4 is 27.3 Å². The molecule has 1 aromatic rings. The van der Waals surface area contributed by atoms with E-state index in [1.54, 1.807) is 11.3 Å². The van der Waals surface area contributed by atoms with Crippen molar-refractivity contribution < 1.29 is 5.11 Å². The predicted molar refractivity (Wildman–Crippen MR) is 82.0 cm³/mol. The van der Waals surface area contributed by atoms with Gasteiger partial charge in [-0.3, -0.25) is 4.90 Å². The van der Waals surface area contributed by atoms with E-state index in [4.69, 9.17) is 5.73 Å². The van der Waals surface area contributed by atoms with Crippen molar-refractivity contribution in [2.24, 2.45) is 5.73 Å². The van der Waals surface area contributed by atoms with Gasteiger partial charge in [-0.25, -0.2) is 0 Å². The predicted octanol–water partition coefficient (Wildman–Crippen LogP) is 2.99. The van der Waals surface area contributed by atoms with Crippen LogP contribution >= 0.6 is 27.3 Å². The maximum absolute atomic E-state index is 9.53. The topological polar surface area (TPSA) is 49.5 Å². The maximum atomic E-state index is 9.53. The quantitative estimate of drug-likeness (QED) is 0.840. The molecule has 1 rings (SSSR count). The molecule has 0 aliphatic carbocycles. The summed E-state index contributed by atoms with van der Waals surface area (Å²) in [6.07, 6.45) is 0.909. The molecule has 18 heavy (non-hydrogen) atoms. The third-order valence-electron chi connectivity index (χ3n) is 3.52. The molecule has 0 radical (unpaired) electrons. The lowest BCUT2D eigenvalue weighted by molar-refractivity contribution is 0.0358. The van der Waals surface area contributed by atoms with Gasteiger partial charge in [-0.15, -0.1) is 11.3 Å². The second-order valence-electron chi connectivity index (χ2n) is 5.24. The number of likely N-dealkylation sites (N-methyl/N-ethyl adjacent to an activating group) is 1. The zero-order valence-corrected chi connectivity index (χ0v) is 13.9. The molecular weight excluding hydrogens is 312 g/mol. The van der Waals surface area contributed by atoms with Gasteiger partial charge in [0.05, 0.1) is 16.4 Å². The summed E-state index contributed by atoms with van der Waals surface area (Å²) in [7, 11) is 2.03. The van der Waals surface area contributed by atoms with Gasteiger partial charge in [0.1, 0.15) is 0 Å². The van der Waals surface area contributed by atoms with E-state index in [2.05, 4.69) is 39.9 Å². The van der Waals surface area contributed by atoms with Crippen LogP contribution in [0.1, 0.15) is 38.1 Å². The van der Waals surface area contributed by atoms with Crippen LogP contribution in [-0.4, -0.2) is 35.2 Å². The molecule has 1 aromatic heterocycles. The first-order chi connectivity index (χ1) is 8.33. The van der Waals surface area contributed by atoms with Crippen LogP contribution in [0.5, 0.6) is 0 Å². The van der Waals surface area contributed by atoms with E-state index >= 15 is 0 Å². The molecule has 0 aromatic carbocycles. The summed E-state index contributed by atoms with van der Waals surface area (Å²) >= 11 is 5.21. The fourth-order valence-corrected chi connectivity index (χ4v) is 3.53. The summed E-state index contributed by atoms with van der Waals surface area (Å²) in [6.45, 7) is 6.28. The first kappa shape index (κ1) is 16.1. The number of aliphatic hydroxyl groups is 1. The van der Waals surface area contributed by atoms with E-state index in [0.717, 1.165) is 10.2 Å². The fourth-order valence-electron chi connectivity index (χ4n) is 1.89. The maximum Gasteiger partial charge on any atom is 0.0702 e. The molecule has 3 N–H and O–H groups in total. The zero-order chi connectivity index (χ0) is 13.9. The van der Waals surface area contributed by atoms with Crippen LogP contribution in [0.4, 0.5) is 0 Å². The SMILES string of the molecule is CCC(N)C(c1ccc(Br)s1)N(C)C(C)(C)CO. The largest absolute Gasteiger partial charge is 0.394 e. The molecule has 5 heteroatoms. The van der Waals surface area contributed by atoms with Crippen molar-refractivity contribution in [2.45, 2.75) is 44.8 Å². The Bertz CT molecular complexity index is 381. The summed E-state index contributed by atoms with van der Waals surface area (Å²) in [5.41, 5.74) is 6.00. The van der Waals surface area contributed by atoms with E-state index in [9.17, 15) is 5.11 Å². The molecule has 0 amide bonds. The standard InChI is InChI=1S/C13H23BrN2OS/c1-5-9(15)12(10-6-7-11(14)18-10)16(4)13(2,3)8-17/h6-7,9,12,17H,5,8,15H2,1-4H3. The molecule has 0 fully saturated rings. The lowest BCUT2D eigenvalue weighted by atomic mass is 9.96. The van der Waals surface area contributed by atoms with E-state index in [1.807, 2.05) is 20.9 Å². The van der Waals surface area contributed by atoms with Gasteiger partial charge in [0, 0.05) is 16.5 Å². The summed E-state index contributed by atoms with van der Waals surface area (Å²) in [5, 5.41) is 9.53. The number of nitrogens with two attached hydrogens (primary N) is 1. The second-order valence-corrected chi connectivity index (χ2v) is 7.73. The molecule has 104 valence electrons. The van der Waals surface area contributed by atoms with E-state index in [1.165, 1.54) is 4.88 Å². The molecule has 0 saturated heterocycles. The average molecular weight is 335 g/mol. The van der Waals surface area contributed by atoms with Crippen LogP contribution < -0.4 is 5.73 Å². The number of hydrogen-bond donors (Lipinski definition) is 2. The molecule has 1 heterocycles. The highest BCUT2D eigenvalue weighted by atomic mass is 79.9. The monoisotopic (exact) mass is 334 g/mol. The van der Waals surface area contributed by atoms with Gasteiger partial charge in [-0.05, 0) is 55.4 Å². The van der Waals surface area contributed by atoms with Crippen molar-refractivity contribution in [3.05, 3.63) is 20.8 Å². The van der Waals surface area contributed by atoms with Crippen LogP contribution in [-0.2, 0) is 0 Å². The average Bonchev–Trinajstić information content (AvgIpc) is 2.75. The first-order valence-electron chi connectivity index (χ1n) is 6.18. The highest BCUT2D eigenvalue weighted by Crippen LogP contribution is 2.35. The summed E-state index contributed by atoms with van der Waals surface area (Å²) in [4.78, 5) is 3.42. The number of aliphatic hydroxyl groups excluding tert-OH is 1. The van der Waals surface area contributed by atoms with Gasteiger partial charge >= 0.3 is 0 Å². The normalized spacial score (nSPS) is 16.0. The minimum Gasteiger partial charge on any atom is -0.394 e. The minimum atomic E-state index is -0.284. The van der Waals surface area contributed by atoms with Crippen molar-refractivity contribution in [2.75, 3.05) is 13.7 Å². The van der Waals surface area contributed by atoms with Crippen LogP contribution in [0, 0.1) is 0 Å². The van der Waals surface area contributed by atoms with Gasteiger partial charge in [0.2, 0.25) is 0 Å². The van der Waals surface area contributed by atoms with Gasteiger partial charge in [0.25, 0.3) is 0 Å². The molecular formula is C13H23BrN2OS. The Hall–Kier alpha value is 0.0600. The highest BCUT2D eigenvalue weighted by Gasteiger charge is 2.33. The summed E-state index contributed by atoms with van der Waals surface area (Å²) in [5.74, 6) is 0. The lowest BCUT2D eigenvalue weighted by Gasteiger charge is -2.42. The zero-order valence-electron chi connectivity index (χ0n) is 11.5. The van der Waals surface area contributed by atoms with Crippen LogP contribution in [0.2, 0.25) is 0 Å². The van der Waals surface area contributed by atoms with Crippen LogP contribution in [0.25, 0.3) is 0 Å². The lowest BCUT2D eigenvalue weighted by Crippen LogP contribution is -2.50. The number of hydrogen-bond acceptors (Lipinski definition) is 4. The van der Waals surface area contributed by atoms with Gasteiger partial charge in [-0.2, -0.15) is 0 Å². The summed E-state index contributed by atoms with van der Waals surface area (Å²) < 4.78 is 1.11. The highest BCUT2D eigenvalue weighted by molar-refractivity contribution is 9.11. The second kappa shape index (κ2) is 6.48. The van der Waals surface area contributed by atoms with Crippen LogP contribution in [0.3, 0.4) is 0 Å². The Morgan fingerprint density at radius 1 is 1.50 bits per heavy atom. The molecule has 2 atom stereocenters. The van der Waals surface area contributed by atoms with Crippen molar-refractivity contribution in [1.82, 2.24) is 4.90 Å². The number of thiophene rings is 1. The van der Waals surface area contributed by atoms with Gasteiger partial charge < -0.3 is 10.8 Å². The van der Waals surface area contributed by atoms with Gasteiger partial charge in [-0.1, -0.05) is 6.92 Å². The van der Waals surface area contributed by atoms with Crippen molar-refractivity contribution in [1.29, 1.82) is 0 Å². The van der Waals surface area contributed by atoms with Gasteiger partial charge in [0.15, 0.2) is 0 Å². The first-order valence-corrected chi connectivity index (χ1v) is 7.79. The molecule has 0 bridgehead atoms. The third kappa shape index (κ3) is 3.54. The third-order valence-corrected chi connectivity index (χ3v) is 5.22. The Morgan fingerprint density at radius 3 is 2.50 bits per heavy atom. The molecule has 3 nitrogen and oxygen atoms in total.